The second-order valence-corrected chi connectivity index (χ2v) is 11.9. The highest BCUT2D eigenvalue weighted by molar-refractivity contribution is 7.99. The van der Waals surface area contributed by atoms with E-state index in [2.05, 4.69) is 45.7 Å². The molecular formula is C27H31ClN8OS. The van der Waals surface area contributed by atoms with E-state index in [1.54, 1.807) is 12.4 Å². The summed E-state index contributed by atoms with van der Waals surface area (Å²) in [6, 6.07) is 8.26. The Kier molecular flexibility index (Phi) is 6.75. The summed E-state index contributed by atoms with van der Waals surface area (Å²) in [4.78, 5) is 21.8. The predicted molar refractivity (Wildman–Crippen MR) is 150 cm³/mol. The van der Waals surface area contributed by atoms with Crippen LogP contribution in [0.1, 0.15) is 39.7 Å². The van der Waals surface area contributed by atoms with E-state index in [0.717, 1.165) is 54.5 Å². The van der Waals surface area contributed by atoms with Gasteiger partial charge in [-0.25, -0.2) is 19.9 Å². The fourth-order valence-corrected chi connectivity index (χ4v) is 6.43. The maximum atomic E-state index is 6.79. The fraction of sp³-hybridized carbons (Fsp3) is 0.444. The number of anilines is 1. The van der Waals surface area contributed by atoms with Crippen molar-refractivity contribution in [2.45, 2.75) is 61.9 Å². The lowest BCUT2D eigenvalue weighted by Gasteiger charge is -2.41. The number of rotatable bonds is 5. The minimum absolute atomic E-state index is 0.0719. The van der Waals surface area contributed by atoms with Crippen LogP contribution in [-0.4, -0.2) is 61.6 Å². The van der Waals surface area contributed by atoms with Crippen molar-refractivity contribution in [1.82, 2.24) is 29.7 Å². The van der Waals surface area contributed by atoms with Gasteiger partial charge in [0.25, 0.3) is 0 Å². The lowest BCUT2D eigenvalue weighted by molar-refractivity contribution is 0.0974. The number of halogens is 1. The molecule has 2 aliphatic heterocycles. The molecule has 0 aliphatic carbocycles. The molecule has 1 aromatic carbocycles. The van der Waals surface area contributed by atoms with Crippen molar-refractivity contribution in [3.63, 3.8) is 0 Å². The average Bonchev–Trinajstić information content (AvgIpc) is 3.52. The fourth-order valence-electron chi connectivity index (χ4n) is 5.31. The molecule has 0 saturated carbocycles. The van der Waals surface area contributed by atoms with Crippen molar-refractivity contribution in [2.24, 2.45) is 11.1 Å². The van der Waals surface area contributed by atoms with Gasteiger partial charge in [0.15, 0.2) is 10.8 Å². The Morgan fingerprint density at radius 2 is 1.95 bits per heavy atom. The third-order valence-corrected chi connectivity index (χ3v) is 9.23. The van der Waals surface area contributed by atoms with Crippen molar-refractivity contribution in [3.8, 4) is 11.3 Å². The minimum Gasteiger partial charge on any atom is -0.376 e. The largest absolute Gasteiger partial charge is 0.376 e. The third kappa shape index (κ3) is 4.64. The Balaban J connectivity index is 1.18. The number of nitrogens with two attached hydrogens (primary N) is 1. The summed E-state index contributed by atoms with van der Waals surface area (Å²) in [5, 5.41) is 5.85. The van der Waals surface area contributed by atoms with Gasteiger partial charge in [-0.2, -0.15) is 5.10 Å². The molecule has 2 N–H and O–H groups in total. The molecule has 0 radical (unpaired) electrons. The van der Waals surface area contributed by atoms with Crippen LogP contribution in [-0.2, 0) is 4.74 Å². The Morgan fingerprint density at radius 1 is 1.13 bits per heavy atom. The summed E-state index contributed by atoms with van der Waals surface area (Å²) >= 11 is 8.20. The zero-order valence-electron chi connectivity index (χ0n) is 21.7. The van der Waals surface area contributed by atoms with Gasteiger partial charge in [0.05, 0.1) is 35.8 Å². The molecule has 4 aromatic rings. The van der Waals surface area contributed by atoms with E-state index in [0.29, 0.717) is 21.3 Å². The second kappa shape index (κ2) is 10.1. The van der Waals surface area contributed by atoms with Crippen molar-refractivity contribution >= 4 is 40.3 Å². The van der Waals surface area contributed by atoms with Gasteiger partial charge in [-0.1, -0.05) is 23.7 Å². The zero-order valence-corrected chi connectivity index (χ0v) is 23.3. The third-order valence-electron chi connectivity index (χ3n) is 7.77. The molecule has 5 heterocycles. The Labute approximate surface area is 231 Å². The Hall–Kier alpha value is -2.79. The molecule has 0 unspecified atom stereocenters. The standard InChI is InChI=1S/C27H31ClN8OS/c1-16(2)36-10-7-19(34-36)18-5-4-6-21(23(18)28)38-26-31-13-20-25(33-26)30-14-22(32-20)35-11-8-27(9-12-35)15-37-17(3)24(27)29/h4-7,10,13-14,16-17,24H,8-9,11-12,15,29H2,1-3H3/t17-,24+/m0/s1. The van der Waals surface area contributed by atoms with Gasteiger partial charge in [0.1, 0.15) is 11.3 Å². The number of benzene rings is 1. The van der Waals surface area contributed by atoms with Crippen LogP contribution in [0.3, 0.4) is 0 Å². The molecule has 0 amide bonds. The number of ether oxygens (including phenoxy) is 1. The van der Waals surface area contributed by atoms with Gasteiger partial charge in [-0.3, -0.25) is 4.68 Å². The lowest BCUT2D eigenvalue weighted by atomic mass is 9.73. The second-order valence-electron chi connectivity index (χ2n) is 10.5. The maximum Gasteiger partial charge on any atom is 0.194 e. The number of hydrogen-bond donors (Lipinski definition) is 1. The van der Waals surface area contributed by atoms with E-state index in [-0.39, 0.29) is 23.6 Å². The van der Waals surface area contributed by atoms with E-state index >= 15 is 0 Å². The molecule has 2 saturated heterocycles. The van der Waals surface area contributed by atoms with Gasteiger partial charge in [-0.05, 0) is 57.5 Å². The van der Waals surface area contributed by atoms with Crippen molar-refractivity contribution < 1.29 is 4.74 Å². The topological polar surface area (TPSA) is 108 Å². The minimum atomic E-state index is 0.0719. The summed E-state index contributed by atoms with van der Waals surface area (Å²) in [6.07, 6.45) is 7.59. The smallest absolute Gasteiger partial charge is 0.194 e. The van der Waals surface area contributed by atoms with Crippen LogP contribution in [0.4, 0.5) is 5.82 Å². The van der Waals surface area contributed by atoms with Crippen LogP contribution in [0.25, 0.3) is 22.4 Å². The lowest BCUT2D eigenvalue weighted by Crippen LogP contribution is -2.50. The van der Waals surface area contributed by atoms with Crippen LogP contribution in [0.5, 0.6) is 0 Å². The predicted octanol–water partition coefficient (Wildman–Crippen LogP) is 5.00. The van der Waals surface area contributed by atoms with Crippen LogP contribution in [0.2, 0.25) is 5.02 Å². The Morgan fingerprint density at radius 3 is 2.66 bits per heavy atom. The first-order valence-electron chi connectivity index (χ1n) is 13.0. The highest BCUT2D eigenvalue weighted by atomic mass is 35.5. The molecular weight excluding hydrogens is 520 g/mol. The number of fused-ring (bicyclic) bond motifs is 1. The molecule has 9 nitrogen and oxygen atoms in total. The van der Waals surface area contributed by atoms with Gasteiger partial charge in [0.2, 0.25) is 0 Å². The van der Waals surface area contributed by atoms with E-state index < -0.39 is 0 Å². The monoisotopic (exact) mass is 550 g/mol. The van der Waals surface area contributed by atoms with E-state index in [1.807, 2.05) is 35.1 Å². The quantitative estimate of drug-likeness (QED) is 0.343. The summed E-state index contributed by atoms with van der Waals surface area (Å²) < 4.78 is 7.78. The molecule has 6 rings (SSSR count). The number of aromatic nitrogens is 6. The molecule has 3 aromatic heterocycles. The van der Waals surface area contributed by atoms with E-state index in [1.165, 1.54) is 11.8 Å². The van der Waals surface area contributed by atoms with E-state index in [4.69, 9.17) is 27.1 Å². The molecule has 2 atom stereocenters. The SMILES string of the molecule is CC(C)n1ccc(-c2cccc(Sc3ncc4nc(N5CCC6(CC5)CO[C@@H](C)[C@H]6N)cnc4n3)c2Cl)n1. The van der Waals surface area contributed by atoms with Gasteiger partial charge in [-0.15, -0.1) is 0 Å². The molecule has 1 spiro atoms. The first-order valence-corrected chi connectivity index (χ1v) is 14.2. The average molecular weight is 551 g/mol. The summed E-state index contributed by atoms with van der Waals surface area (Å²) in [6.45, 7) is 8.76. The number of hydrogen-bond acceptors (Lipinski definition) is 9. The number of nitrogens with zero attached hydrogens (tertiary/aromatic N) is 7. The number of piperidine rings is 1. The van der Waals surface area contributed by atoms with Crippen LogP contribution in [0.15, 0.2) is 52.9 Å². The van der Waals surface area contributed by atoms with Gasteiger partial charge >= 0.3 is 0 Å². The molecule has 2 aliphatic rings. The normalized spacial score (nSPS) is 21.2. The zero-order chi connectivity index (χ0) is 26.4. The Bertz CT molecular complexity index is 1470. The molecule has 0 bridgehead atoms. The molecule has 11 heteroatoms. The summed E-state index contributed by atoms with van der Waals surface area (Å²) in [7, 11) is 0. The van der Waals surface area contributed by atoms with Crippen LogP contribution >= 0.6 is 23.4 Å². The van der Waals surface area contributed by atoms with Crippen LogP contribution < -0.4 is 10.6 Å². The van der Waals surface area contributed by atoms with Crippen molar-refractivity contribution in [2.75, 3.05) is 24.6 Å². The molecule has 38 heavy (non-hydrogen) atoms. The summed E-state index contributed by atoms with van der Waals surface area (Å²) in [5.74, 6) is 0.841. The van der Waals surface area contributed by atoms with Gasteiger partial charge in [0, 0.05) is 47.2 Å². The maximum absolute atomic E-state index is 6.79. The van der Waals surface area contributed by atoms with E-state index in [9.17, 15) is 0 Å². The first-order chi connectivity index (χ1) is 18.3. The summed E-state index contributed by atoms with van der Waals surface area (Å²) in [5.41, 5.74) is 9.49. The van der Waals surface area contributed by atoms with Crippen molar-refractivity contribution in [1.29, 1.82) is 0 Å². The van der Waals surface area contributed by atoms with Crippen molar-refractivity contribution in [3.05, 3.63) is 47.9 Å². The van der Waals surface area contributed by atoms with Crippen LogP contribution in [0, 0.1) is 5.41 Å². The van der Waals surface area contributed by atoms with Gasteiger partial charge < -0.3 is 15.4 Å². The highest BCUT2D eigenvalue weighted by Crippen LogP contribution is 2.42. The molecule has 198 valence electrons. The first kappa shape index (κ1) is 25.5. The molecule has 2 fully saturated rings. The highest BCUT2D eigenvalue weighted by Gasteiger charge is 2.47.